The Kier molecular flexibility index (Phi) is 5.88. The monoisotopic (exact) mass is 434 g/mol. The van der Waals surface area contributed by atoms with Crippen molar-refractivity contribution in [2.24, 2.45) is 5.73 Å². The van der Waals surface area contributed by atoms with E-state index in [0.717, 1.165) is 22.4 Å². The fourth-order valence-corrected chi connectivity index (χ4v) is 4.21. The van der Waals surface area contributed by atoms with Crippen molar-refractivity contribution in [3.8, 4) is 17.1 Å². The van der Waals surface area contributed by atoms with E-state index in [2.05, 4.69) is 10.2 Å². The average Bonchev–Trinajstić information content (AvgIpc) is 3.17. The maximum absolute atomic E-state index is 12.2. The van der Waals surface area contributed by atoms with Crippen LogP contribution in [0.15, 0.2) is 84.0 Å². The fourth-order valence-electron chi connectivity index (χ4n) is 3.08. The third kappa shape index (κ3) is 4.25. The number of nitrogens with zero attached hydrogens (tertiary/aromatic N) is 3. The largest absolute Gasteiger partial charge is 0.368 e. The minimum Gasteiger partial charge on any atom is -0.368 e. The van der Waals surface area contributed by atoms with Crippen LogP contribution < -0.4 is 5.73 Å². The Bertz CT molecular complexity index is 1160. The highest BCUT2D eigenvalue weighted by Crippen LogP contribution is 2.37. The normalized spacial score (nSPS) is 11.9. The van der Waals surface area contributed by atoms with Gasteiger partial charge in [0.1, 0.15) is 5.25 Å². The molecule has 30 heavy (non-hydrogen) atoms. The molecule has 0 spiro atoms. The van der Waals surface area contributed by atoms with Gasteiger partial charge in [0.2, 0.25) is 5.91 Å². The Morgan fingerprint density at radius 3 is 2.27 bits per heavy atom. The van der Waals surface area contributed by atoms with Crippen molar-refractivity contribution in [1.82, 2.24) is 14.8 Å². The molecule has 1 atom stereocenters. The molecular weight excluding hydrogens is 416 g/mol. The molecule has 5 nitrogen and oxygen atoms in total. The van der Waals surface area contributed by atoms with Crippen LogP contribution in [0.2, 0.25) is 5.02 Å². The van der Waals surface area contributed by atoms with Crippen LogP contribution in [-0.4, -0.2) is 20.7 Å². The third-order valence-electron chi connectivity index (χ3n) is 4.61. The summed E-state index contributed by atoms with van der Waals surface area (Å²) in [6, 6.07) is 24.9. The smallest absolute Gasteiger partial charge is 0.235 e. The van der Waals surface area contributed by atoms with Crippen LogP contribution in [0.1, 0.15) is 16.4 Å². The van der Waals surface area contributed by atoms with E-state index in [1.165, 1.54) is 11.8 Å². The molecule has 0 saturated heterocycles. The zero-order chi connectivity index (χ0) is 21.1. The minimum atomic E-state index is -0.585. The van der Waals surface area contributed by atoms with Gasteiger partial charge in [-0.15, -0.1) is 10.2 Å². The molecule has 0 aliphatic carbocycles. The van der Waals surface area contributed by atoms with Crippen LogP contribution in [0.25, 0.3) is 17.1 Å². The summed E-state index contributed by atoms with van der Waals surface area (Å²) in [4.78, 5) is 12.2. The lowest BCUT2D eigenvalue weighted by atomic mass is 10.1. The van der Waals surface area contributed by atoms with Crippen LogP contribution >= 0.6 is 23.4 Å². The van der Waals surface area contributed by atoms with Gasteiger partial charge >= 0.3 is 0 Å². The second kappa shape index (κ2) is 8.73. The average molecular weight is 435 g/mol. The van der Waals surface area contributed by atoms with Crippen LogP contribution in [-0.2, 0) is 4.79 Å². The number of nitrogens with two attached hydrogens (primary N) is 1. The molecular formula is C23H19ClN4OS. The lowest BCUT2D eigenvalue weighted by molar-refractivity contribution is -0.117. The highest BCUT2D eigenvalue weighted by Gasteiger charge is 2.24. The van der Waals surface area contributed by atoms with E-state index in [9.17, 15) is 4.79 Å². The van der Waals surface area contributed by atoms with E-state index in [1.807, 2.05) is 90.4 Å². The first-order valence-electron chi connectivity index (χ1n) is 9.32. The Morgan fingerprint density at radius 1 is 0.967 bits per heavy atom. The summed E-state index contributed by atoms with van der Waals surface area (Å²) in [5.74, 6) is 0.229. The fraction of sp³-hybridized carbons (Fsp3) is 0.0870. The first-order valence-corrected chi connectivity index (χ1v) is 10.6. The molecule has 0 bridgehead atoms. The maximum Gasteiger partial charge on any atom is 0.235 e. The van der Waals surface area contributed by atoms with Gasteiger partial charge in [-0.3, -0.25) is 9.36 Å². The number of amides is 1. The molecule has 4 rings (SSSR count). The predicted octanol–water partition coefficient (Wildman–Crippen LogP) is 5.21. The summed E-state index contributed by atoms with van der Waals surface area (Å²) in [5.41, 5.74) is 9.46. The van der Waals surface area contributed by atoms with Gasteiger partial charge in [-0.2, -0.15) is 0 Å². The number of benzene rings is 3. The molecule has 3 aromatic carbocycles. The number of hydrogen-bond acceptors (Lipinski definition) is 4. The molecule has 1 unspecified atom stereocenters. The quantitative estimate of drug-likeness (QED) is 0.422. The zero-order valence-corrected chi connectivity index (χ0v) is 17.8. The van der Waals surface area contributed by atoms with Gasteiger partial charge in [0.15, 0.2) is 11.0 Å². The molecule has 2 N–H and O–H groups in total. The zero-order valence-electron chi connectivity index (χ0n) is 16.2. The van der Waals surface area contributed by atoms with Gasteiger partial charge in [-0.1, -0.05) is 71.4 Å². The SMILES string of the molecule is Cc1ccc(-n2c(SC(C(N)=O)c3ccccc3)nnc2-c2ccc(Cl)cc2)cc1. The van der Waals surface area contributed by atoms with Gasteiger partial charge < -0.3 is 5.73 Å². The number of halogens is 1. The van der Waals surface area contributed by atoms with Gasteiger partial charge in [-0.25, -0.2) is 0 Å². The molecule has 0 fully saturated rings. The molecule has 150 valence electrons. The van der Waals surface area contributed by atoms with E-state index >= 15 is 0 Å². The molecule has 0 aliphatic rings. The molecule has 0 radical (unpaired) electrons. The third-order valence-corrected chi connectivity index (χ3v) is 6.08. The lowest BCUT2D eigenvalue weighted by Crippen LogP contribution is -2.19. The van der Waals surface area contributed by atoms with Crippen molar-refractivity contribution in [3.63, 3.8) is 0 Å². The Balaban J connectivity index is 1.82. The standard InChI is InChI=1S/C23H19ClN4OS/c1-15-7-13-19(14-8-15)28-22(17-9-11-18(24)12-10-17)26-27-23(28)30-20(21(25)29)16-5-3-2-4-6-16/h2-14,20H,1H3,(H2,25,29). The van der Waals surface area contributed by atoms with Crippen molar-refractivity contribution in [3.05, 3.63) is 95.0 Å². The number of thioether (sulfide) groups is 1. The minimum absolute atomic E-state index is 0.433. The summed E-state index contributed by atoms with van der Waals surface area (Å²) in [6.07, 6.45) is 0. The van der Waals surface area contributed by atoms with Crippen molar-refractivity contribution in [2.45, 2.75) is 17.3 Å². The Hall–Kier alpha value is -3.09. The number of rotatable bonds is 6. The number of carbonyl (C=O) groups excluding carboxylic acids is 1. The van der Waals surface area contributed by atoms with E-state index in [1.54, 1.807) is 0 Å². The van der Waals surface area contributed by atoms with Crippen LogP contribution in [0.5, 0.6) is 0 Å². The Morgan fingerprint density at radius 2 is 1.63 bits per heavy atom. The van der Waals surface area contributed by atoms with E-state index in [-0.39, 0.29) is 0 Å². The van der Waals surface area contributed by atoms with Gasteiger partial charge in [0, 0.05) is 16.3 Å². The summed E-state index contributed by atoms with van der Waals surface area (Å²) in [5, 5.41) is 9.45. The van der Waals surface area contributed by atoms with Crippen molar-refractivity contribution < 1.29 is 4.79 Å². The molecule has 1 heterocycles. The molecule has 4 aromatic rings. The van der Waals surface area contributed by atoms with Gasteiger partial charge in [-0.05, 0) is 48.9 Å². The summed E-state index contributed by atoms with van der Waals surface area (Å²) < 4.78 is 1.94. The van der Waals surface area contributed by atoms with Crippen molar-refractivity contribution >= 4 is 29.3 Å². The van der Waals surface area contributed by atoms with Crippen LogP contribution in [0.4, 0.5) is 0 Å². The molecule has 1 aromatic heterocycles. The van der Waals surface area contributed by atoms with Gasteiger partial charge in [0.05, 0.1) is 0 Å². The first-order chi connectivity index (χ1) is 14.5. The second-order valence-corrected chi connectivity index (χ2v) is 8.30. The predicted molar refractivity (Wildman–Crippen MR) is 121 cm³/mol. The number of carbonyl (C=O) groups is 1. The first kappa shape index (κ1) is 20.2. The van der Waals surface area contributed by atoms with Crippen molar-refractivity contribution in [2.75, 3.05) is 0 Å². The second-order valence-electron chi connectivity index (χ2n) is 6.79. The van der Waals surface area contributed by atoms with Crippen molar-refractivity contribution in [1.29, 1.82) is 0 Å². The number of aryl methyl sites for hydroxylation is 1. The Labute approximate surface area is 183 Å². The highest BCUT2D eigenvalue weighted by molar-refractivity contribution is 8.00. The van der Waals surface area contributed by atoms with Gasteiger partial charge in [0.25, 0.3) is 0 Å². The summed E-state index contributed by atoms with van der Waals surface area (Å²) in [7, 11) is 0. The lowest BCUT2D eigenvalue weighted by Gasteiger charge is -2.15. The van der Waals surface area contributed by atoms with E-state index in [0.29, 0.717) is 16.0 Å². The van der Waals surface area contributed by atoms with Crippen LogP contribution in [0, 0.1) is 6.92 Å². The molecule has 1 amide bonds. The number of hydrogen-bond donors (Lipinski definition) is 1. The maximum atomic E-state index is 12.2. The summed E-state index contributed by atoms with van der Waals surface area (Å²) >= 11 is 7.33. The topological polar surface area (TPSA) is 73.8 Å². The number of aromatic nitrogens is 3. The molecule has 0 aliphatic heterocycles. The van der Waals surface area contributed by atoms with E-state index in [4.69, 9.17) is 17.3 Å². The summed E-state index contributed by atoms with van der Waals surface area (Å²) in [6.45, 7) is 2.03. The molecule has 7 heteroatoms. The number of primary amides is 1. The van der Waals surface area contributed by atoms with E-state index < -0.39 is 11.2 Å². The van der Waals surface area contributed by atoms with Crippen LogP contribution in [0.3, 0.4) is 0 Å². The molecule has 0 saturated carbocycles. The highest BCUT2D eigenvalue weighted by atomic mass is 35.5.